The van der Waals surface area contributed by atoms with E-state index in [1.165, 1.54) is 11.0 Å². The average Bonchev–Trinajstić information content (AvgIpc) is 2.58. The first-order valence-corrected chi connectivity index (χ1v) is 9.03. The Morgan fingerprint density at radius 3 is 2.40 bits per heavy atom. The van der Waals surface area contributed by atoms with Crippen LogP contribution >= 0.6 is 12.2 Å². The highest BCUT2D eigenvalue weighted by Gasteiger charge is 2.14. The zero-order valence-electron chi connectivity index (χ0n) is 15.6. The van der Waals surface area contributed by atoms with Crippen molar-refractivity contribution >= 4 is 30.6 Å². The molecule has 25 heavy (non-hydrogen) atoms. The predicted molar refractivity (Wildman–Crippen MR) is 110 cm³/mol. The topological polar surface area (TPSA) is 27.7 Å². The molecule has 0 unspecified atom stereocenters. The van der Waals surface area contributed by atoms with E-state index in [2.05, 4.69) is 33.8 Å². The van der Waals surface area contributed by atoms with E-state index in [-0.39, 0.29) is 0 Å². The van der Waals surface area contributed by atoms with Gasteiger partial charge in [0.05, 0.1) is 12.2 Å². The lowest BCUT2D eigenvalue weighted by Crippen LogP contribution is -2.11. The molecule has 0 amide bonds. The maximum absolute atomic E-state index is 6.10. The zero-order valence-corrected chi connectivity index (χ0v) is 16.5. The number of hydrogen-bond donors (Lipinski definition) is 0. The van der Waals surface area contributed by atoms with Crippen LogP contribution < -0.4 is 19.7 Å². The van der Waals surface area contributed by atoms with Crippen LogP contribution in [-0.2, 0) is 6.61 Å². The van der Waals surface area contributed by atoms with Crippen LogP contribution in [0.15, 0.2) is 30.3 Å². The summed E-state index contributed by atoms with van der Waals surface area (Å²) in [6, 6.07) is 9.95. The molecule has 0 atom stereocenters. The van der Waals surface area contributed by atoms with Crippen LogP contribution in [0.1, 0.15) is 37.0 Å². The van der Waals surface area contributed by atoms with Crippen LogP contribution in [0.4, 0.5) is 0 Å². The molecular weight excluding hydrogens is 331 g/mol. The van der Waals surface area contributed by atoms with Gasteiger partial charge in [-0.25, -0.2) is 0 Å². The molecule has 0 fully saturated rings. The number of rotatable bonds is 7. The van der Waals surface area contributed by atoms with Gasteiger partial charge in [0.1, 0.15) is 31.7 Å². The highest BCUT2D eigenvalue weighted by Crippen LogP contribution is 2.31. The van der Waals surface area contributed by atoms with Crippen molar-refractivity contribution in [3.63, 3.8) is 0 Å². The fraction of sp³-hybridized carbons (Fsp3) is 0.350. The Bertz CT molecular complexity index is 759. The Morgan fingerprint density at radius 1 is 1.00 bits per heavy atom. The van der Waals surface area contributed by atoms with E-state index in [9.17, 15) is 0 Å². The molecule has 0 saturated carbocycles. The van der Waals surface area contributed by atoms with Gasteiger partial charge in [-0.05, 0) is 56.8 Å². The Morgan fingerprint density at radius 2 is 1.72 bits per heavy atom. The van der Waals surface area contributed by atoms with Gasteiger partial charge in [0.2, 0.25) is 0 Å². The summed E-state index contributed by atoms with van der Waals surface area (Å²) in [5.74, 6) is 2.33. The summed E-state index contributed by atoms with van der Waals surface area (Å²) in [5, 5.41) is 0.553. The number of thiocarbonyl (C=S) groups is 1. The second-order valence-electron chi connectivity index (χ2n) is 5.98. The SMILES string of the molecule is Bc1cc(C)c(OCc2c(OCC)cccc2OC(=S)CC)cc1C. The highest BCUT2D eigenvalue weighted by molar-refractivity contribution is 7.80. The van der Waals surface area contributed by atoms with Gasteiger partial charge in [0, 0.05) is 6.42 Å². The predicted octanol–water partition coefficient (Wildman–Crippen LogP) is 3.66. The van der Waals surface area contributed by atoms with E-state index in [1.54, 1.807) is 0 Å². The molecule has 0 aromatic heterocycles. The quantitative estimate of drug-likeness (QED) is 0.559. The average molecular weight is 356 g/mol. The molecule has 3 nitrogen and oxygen atoms in total. The zero-order chi connectivity index (χ0) is 18.4. The maximum Gasteiger partial charge on any atom is 0.167 e. The minimum absolute atomic E-state index is 0.362. The van der Waals surface area contributed by atoms with Crippen LogP contribution in [0.2, 0.25) is 0 Å². The molecule has 5 heteroatoms. The first-order chi connectivity index (χ1) is 12.0. The lowest BCUT2D eigenvalue weighted by Gasteiger charge is -2.17. The molecule has 0 saturated heterocycles. The minimum Gasteiger partial charge on any atom is -0.493 e. The van der Waals surface area contributed by atoms with Crippen LogP contribution in [0.5, 0.6) is 17.2 Å². The third-order valence-corrected chi connectivity index (χ3v) is 4.44. The number of ether oxygens (including phenoxy) is 3. The molecule has 2 aromatic carbocycles. The third-order valence-electron chi connectivity index (χ3n) is 4.07. The van der Waals surface area contributed by atoms with E-state index in [0.717, 1.165) is 22.6 Å². The summed E-state index contributed by atoms with van der Waals surface area (Å²) in [7, 11) is 2.11. The van der Waals surface area contributed by atoms with Crippen molar-refractivity contribution in [1.29, 1.82) is 0 Å². The van der Waals surface area contributed by atoms with E-state index >= 15 is 0 Å². The van der Waals surface area contributed by atoms with E-state index in [1.807, 2.05) is 32.0 Å². The van der Waals surface area contributed by atoms with E-state index in [4.69, 9.17) is 26.4 Å². The third kappa shape index (κ3) is 4.99. The summed E-state index contributed by atoms with van der Waals surface area (Å²) >= 11 is 5.23. The summed E-state index contributed by atoms with van der Waals surface area (Å²) in [6.45, 7) is 9.02. The van der Waals surface area contributed by atoms with Gasteiger partial charge in [-0.15, -0.1) is 0 Å². The van der Waals surface area contributed by atoms with Gasteiger partial charge in [-0.3, -0.25) is 0 Å². The van der Waals surface area contributed by atoms with Crippen molar-refractivity contribution < 1.29 is 14.2 Å². The first kappa shape index (κ1) is 19.3. The van der Waals surface area contributed by atoms with Gasteiger partial charge in [-0.1, -0.05) is 30.1 Å². The molecule has 0 aliphatic rings. The Hall–Kier alpha value is -2.01. The highest BCUT2D eigenvalue weighted by atomic mass is 32.1. The number of benzene rings is 2. The molecule has 0 bridgehead atoms. The largest absolute Gasteiger partial charge is 0.493 e. The number of hydrogen-bond acceptors (Lipinski definition) is 4. The molecule has 0 N–H and O–H groups in total. The summed E-state index contributed by atoms with van der Waals surface area (Å²) < 4.78 is 17.7. The fourth-order valence-electron chi connectivity index (χ4n) is 2.51. The molecular formula is C20H25BO3S. The lowest BCUT2D eigenvalue weighted by atomic mass is 9.89. The van der Waals surface area contributed by atoms with Crippen molar-refractivity contribution in [2.75, 3.05) is 6.61 Å². The minimum atomic E-state index is 0.362. The molecule has 132 valence electrons. The molecule has 0 spiro atoms. The van der Waals surface area contributed by atoms with Crippen LogP contribution in [0, 0.1) is 13.8 Å². The van der Waals surface area contributed by atoms with Gasteiger partial charge in [0.25, 0.3) is 0 Å². The maximum atomic E-state index is 6.10. The van der Waals surface area contributed by atoms with Crippen LogP contribution in [0.25, 0.3) is 0 Å². The number of aryl methyl sites for hydroxylation is 2. The van der Waals surface area contributed by atoms with Crippen LogP contribution in [-0.4, -0.2) is 19.5 Å². The first-order valence-electron chi connectivity index (χ1n) is 8.62. The standard InChI is InChI=1S/C20H25BO3S/c1-5-20(25)24-18-9-7-8-17(22-6-2)15(18)12-23-19-11-13(3)16(21)10-14(19)4/h7-11H,5-6,12,21H2,1-4H3. The molecule has 0 aliphatic heterocycles. The van der Waals surface area contributed by atoms with Crippen molar-refractivity contribution in [3.8, 4) is 17.2 Å². The Balaban J connectivity index is 2.30. The monoisotopic (exact) mass is 356 g/mol. The molecule has 2 aromatic rings. The van der Waals surface area contributed by atoms with Crippen molar-refractivity contribution in [3.05, 3.63) is 47.0 Å². The second-order valence-corrected chi connectivity index (χ2v) is 6.44. The van der Waals surface area contributed by atoms with Gasteiger partial charge < -0.3 is 14.2 Å². The Kier molecular flexibility index (Phi) is 6.88. The summed E-state index contributed by atoms with van der Waals surface area (Å²) in [4.78, 5) is 0. The smallest absolute Gasteiger partial charge is 0.167 e. The normalized spacial score (nSPS) is 10.4. The molecule has 0 radical (unpaired) electrons. The van der Waals surface area contributed by atoms with Gasteiger partial charge in [-0.2, -0.15) is 0 Å². The summed E-state index contributed by atoms with van der Waals surface area (Å²) in [6.07, 6.45) is 0.685. The molecule has 0 aliphatic carbocycles. The Labute approximate surface area is 156 Å². The second kappa shape index (κ2) is 8.91. The molecule has 0 heterocycles. The van der Waals surface area contributed by atoms with Crippen molar-refractivity contribution in [2.24, 2.45) is 0 Å². The van der Waals surface area contributed by atoms with Gasteiger partial charge >= 0.3 is 0 Å². The lowest BCUT2D eigenvalue weighted by molar-refractivity contribution is 0.280. The molecule has 2 rings (SSSR count). The fourth-order valence-corrected chi connectivity index (χ4v) is 2.60. The van der Waals surface area contributed by atoms with Gasteiger partial charge in [0.15, 0.2) is 5.05 Å². The van der Waals surface area contributed by atoms with Crippen molar-refractivity contribution in [1.82, 2.24) is 0 Å². The van der Waals surface area contributed by atoms with E-state index < -0.39 is 0 Å². The van der Waals surface area contributed by atoms with Crippen LogP contribution in [0.3, 0.4) is 0 Å². The van der Waals surface area contributed by atoms with E-state index in [0.29, 0.717) is 30.4 Å². The van der Waals surface area contributed by atoms with Crippen molar-refractivity contribution in [2.45, 2.75) is 40.7 Å². The summed E-state index contributed by atoms with van der Waals surface area (Å²) in [5.41, 5.74) is 4.46.